The highest BCUT2D eigenvalue weighted by molar-refractivity contribution is 7.81. The van der Waals surface area contributed by atoms with Gasteiger partial charge in [0.05, 0.1) is 13.2 Å². The Bertz CT molecular complexity index is 1940. The number of ether oxygens (including phenoxy) is 8. The number of hydrogen-bond donors (Lipinski definition) is 12. The molecule has 360 valence electrons. The quantitative estimate of drug-likeness (QED) is 0.0639. The molecule has 0 saturated carbocycles. The Hall–Kier alpha value is -3.43. The first kappa shape index (κ1) is 50.6. The van der Waals surface area contributed by atoms with Crippen LogP contribution in [0.2, 0.25) is 0 Å². The van der Waals surface area contributed by atoms with Gasteiger partial charge in [-0.25, -0.2) is 22.9 Å². The van der Waals surface area contributed by atoms with Crippen molar-refractivity contribution < 1.29 is 132 Å². The van der Waals surface area contributed by atoms with Gasteiger partial charge in [0.2, 0.25) is 18.1 Å². The van der Waals surface area contributed by atoms with Crippen molar-refractivity contribution in [3.8, 4) is 0 Å². The van der Waals surface area contributed by atoms with E-state index in [0.717, 1.165) is 13.8 Å². The number of fused-ring (bicyclic) bond motifs is 1. The van der Waals surface area contributed by atoms with Crippen molar-refractivity contribution >= 4 is 50.4 Å². The third-order valence-electron chi connectivity index (χ3n) is 9.95. The van der Waals surface area contributed by atoms with Gasteiger partial charge in [0.25, 0.3) is 0 Å². The van der Waals surface area contributed by atoms with Crippen LogP contribution in [-0.2, 0) is 86.2 Å². The number of carboxylic acid groups (broad SMARTS) is 2. The van der Waals surface area contributed by atoms with E-state index in [0.29, 0.717) is 0 Å². The van der Waals surface area contributed by atoms with E-state index in [1.807, 2.05) is 0 Å². The first-order chi connectivity index (χ1) is 29.2. The van der Waals surface area contributed by atoms with E-state index in [2.05, 4.69) is 19.8 Å². The first-order valence-electron chi connectivity index (χ1n) is 18.3. The Labute approximate surface area is 354 Å². The number of amides is 2. The minimum Gasteiger partial charge on any atom is -0.479 e. The van der Waals surface area contributed by atoms with E-state index in [-0.39, 0.29) is 5.90 Å². The molecule has 0 aliphatic carbocycles. The van der Waals surface area contributed by atoms with E-state index < -0.39 is 180 Å². The summed E-state index contributed by atoms with van der Waals surface area (Å²) >= 11 is 0. The summed E-state index contributed by atoms with van der Waals surface area (Å²) in [6.07, 6.45) is -36.8. The Balaban J connectivity index is 1.54. The Morgan fingerprint density at radius 3 is 1.62 bits per heavy atom. The highest BCUT2D eigenvalue weighted by atomic mass is 32.3. The summed E-state index contributed by atoms with van der Waals surface area (Å²) < 4.78 is 121. The van der Waals surface area contributed by atoms with Crippen LogP contribution in [0.5, 0.6) is 0 Å². The number of aliphatic hydroxyl groups is 6. The minimum absolute atomic E-state index is 0.0587. The molecule has 33 heteroatoms. The van der Waals surface area contributed by atoms with Crippen molar-refractivity contribution in [3.05, 3.63) is 0 Å². The molecule has 0 aromatic carbocycles. The second-order valence-electron chi connectivity index (χ2n) is 14.4. The number of carboxylic acids is 2. The van der Waals surface area contributed by atoms with Crippen LogP contribution in [0.25, 0.3) is 0 Å². The second-order valence-corrected chi connectivity index (χ2v) is 16.5. The van der Waals surface area contributed by atoms with Crippen molar-refractivity contribution in [1.29, 1.82) is 0 Å². The molecule has 0 radical (unpaired) electrons. The highest BCUT2D eigenvalue weighted by Gasteiger charge is 2.60. The van der Waals surface area contributed by atoms with Gasteiger partial charge in [0.15, 0.2) is 37.0 Å². The van der Waals surface area contributed by atoms with Gasteiger partial charge in [-0.15, -0.1) is 0 Å². The number of aliphatic imine (C=N–C) groups is 1. The summed E-state index contributed by atoms with van der Waals surface area (Å²) in [6.45, 7) is 0.827. The molecule has 63 heavy (non-hydrogen) atoms. The molecule has 8 unspecified atom stereocenters. The fraction of sp³-hybridized carbons (Fsp3) is 0.833. The SMILES string of the molecule is CC(=O)NC1[C@H](O[C@@H]2C3N=C(C)O[C@H]3OC(CO)[C@@H]2OS(=O)(=O)O)OC(C(=O)O)[C@@H](O[C@@H]2OC(CO)[C@H](OS(=O)(=O)O)[C@H](O[C@@H]3OC(C(=O)O)[C@@H](O)[C@H](O)C3O)C2NC(C)=O)[C@@H]1O. The molecular weight excluding hydrogens is 914 g/mol. The van der Waals surface area contributed by atoms with Crippen molar-refractivity contribution in [2.24, 2.45) is 4.99 Å². The van der Waals surface area contributed by atoms with Crippen LogP contribution >= 0.6 is 0 Å². The zero-order chi connectivity index (χ0) is 47.0. The molecule has 0 bridgehead atoms. The van der Waals surface area contributed by atoms with E-state index in [9.17, 15) is 86.0 Å². The molecule has 31 nitrogen and oxygen atoms in total. The zero-order valence-corrected chi connectivity index (χ0v) is 34.2. The fourth-order valence-corrected chi connectivity index (χ4v) is 8.43. The molecule has 20 atom stereocenters. The molecule has 5 heterocycles. The largest absolute Gasteiger partial charge is 0.479 e. The first-order valence-corrected chi connectivity index (χ1v) is 21.0. The predicted octanol–water partition coefficient (Wildman–Crippen LogP) is -8.16. The molecule has 0 aromatic rings. The van der Waals surface area contributed by atoms with Gasteiger partial charge in [0.1, 0.15) is 85.3 Å². The molecule has 4 saturated heterocycles. The van der Waals surface area contributed by atoms with Crippen LogP contribution in [0.15, 0.2) is 4.99 Å². The Morgan fingerprint density at radius 2 is 1.10 bits per heavy atom. The zero-order valence-electron chi connectivity index (χ0n) is 32.5. The molecule has 4 fully saturated rings. The Kier molecular flexibility index (Phi) is 16.0. The number of aliphatic hydroxyl groups excluding tert-OH is 6. The number of carbonyl (C=O) groups is 4. The van der Waals surface area contributed by atoms with Gasteiger partial charge in [-0.2, -0.15) is 16.8 Å². The lowest BCUT2D eigenvalue weighted by molar-refractivity contribution is -0.357. The lowest BCUT2D eigenvalue weighted by Gasteiger charge is -2.50. The van der Waals surface area contributed by atoms with Gasteiger partial charge in [0, 0.05) is 20.8 Å². The maximum Gasteiger partial charge on any atom is 0.397 e. The standard InChI is InChI=1S/C30H45N3O28S2/c1-6(36)31-11-14(38)22(24(26(44)45)59-27(11)55-21-13-28(52-8(3)33-13)53-9(4-34)19(21)61-63(49,50)51)57-29-12(32-7(2)37)20(18(10(5-35)54-29)60-62(46,47)48)56-30-17(41)15(39)16(40)23(58-30)25(42)43/h9-24,27-30,34-35,38-41H,4-5H2,1-3H3,(H,31,36)(H,32,37)(H,42,43)(H,44,45)(H,46,47,48)(H,49,50,51)/t9?,10?,11?,12?,13?,14-,15+,16+,17?,18+,19+,20-,21-,22+,23?,24?,27-,28+,29+,30-/m1/s1. The van der Waals surface area contributed by atoms with Crippen molar-refractivity contribution in [3.63, 3.8) is 0 Å². The highest BCUT2D eigenvalue weighted by Crippen LogP contribution is 2.38. The number of hydrogen-bond acceptors (Lipinski definition) is 25. The summed E-state index contributed by atoms with van der Waals surface area (Å²) in [5.74, 6) is -5.92. The summed E-state index contributed by atoms with van der Waals surface area (Å²) in [5, 5.41) is 87.8. The van der Waals surface area contributed by atoms with Crippen LogP contribution in [0.1, 0.15) is 20.8 Å². The molecule has 0 aromatic heterocycles. The molecule has 5 aliphatic rings. The monoisotopic (exact) mass is 959 g/mol. The van der Waals surface area contributed by atoms with E-state index in [1.165, 1.54) is 6.92 Å². The van der Waals surface area contributed by atoms with Crippen molar-refractivity contribution in [2.45, 2.75) is 143 Å². The average Bonchev–Trinajstić information content (AvgIpc) is 3.54. The van der Waals surface area contributed by atoms with Crippen LogP contribution in [0.3, 0.4) is 0 Å². The van der Waals surface area contributed by atoms with Crippen molar-refractivity contribution in [1.82, 2.24) is 10.6 Å². The summed E-state index contributed by atoms with van der Waals surface area (Å²) in [4.78, 5) is 54.0. The van der Waals surface area contributed by atoms with Gasteiger partial charge < -0.3 is 89.4 Å². The molecule has 5 rings (SSSR count). The normalized spacial score (nSPS) is 42.0. The van der Waals surface area contributed by atoms with Crippen LogP contribution < -0.4 is 10.6 Å². The molecule has 0 spiro atoms. The lowest BCUT2D eigenvalue weighted by atomic mass is 9.93. The Morgan fingerprint density at radius 1 is 0.619 bits per heavy atom. The van der Waals surface area contributed by atoms with E-state index in [4.69, 9.17) is 42.1 Å². The number of rotatable bonds is 16. The second kappa shape index (κ2) is 20.0. The van der Waals surface area contributed by atoms with Crippen molar-refractivity contribution in [2.75, 3.05) is 13.2 Å². The number of nitrogens with zero attached hydrogens (tertiary/aromatic N) is 1. The van der Waals surface area contributed by atoms with E-state index >= 15 is 0 Å². The maximum atomic E-state index is 12.9. The number of carbonyl (C=O) groups excluding carboxylic acids is 2. The fourth-order valence-electron chi connectivity index (χ4n) is 7.40. The molecular formula is C30H45N3O28S2. The van der Waals surface area contributed by atoms with Crippen LogP contribution in [0, 0.1) is 0 Å². The lowest BCUT2D eigenvalue weighted by Crippen LogP contribution is -2.72. The average molecular weight is 960 g/mol. The van der Waals surface area contributed by atoms with Gasteiger partial charge in [-0.05, 0) is 0 Å². The predicted molar refractivity (Wildman–Crippen MR) is 189 cm³/mol. The van der Waals surface area contributed by atoms with Crippen LogP contribution in [-0.4, -0.2) is 232 Å². The molecule has 2 amide bonds. The van der Waals surface area contributed by atoms with Gasteiger partial charge >= 0.3 is 32.7 Å². The number of aliphatic carboxylic acids is 2. The summed E-state index contributed by atoms with van der Waals surface area (Å²) in [6, 6.07) is -5.47. The minimum atomic E-state index is -5.59. The van der Waals surface area contributed by atoms with Gasteiger partial charge in [-0.1, -0.05) is 0 Å². The summed E-state index contributed by atoms with van der Waals surface area (Å²) in [7, 11) is -11.0. The van der Waals surface area contributed by atoms with Crippen LogP contribution in [0.4, 0.5) is 0 Å². The third kappa shape index (κ3) is 11.7. The van der Waals surface area contributed by atoms with Gasteiger partial charge in [-0.3, -0.25) is 18.7 Å². The summed E-state index contributed by atoms with van der Waals surface area (Å²) in [5.41, 5.74) is 0. The number of nitrogens with one attached hydrogen (secondary N) is 2. The topological polar surface area (TPSA) is 468 Å². The third-order valence-corrected chi connectivity index (χ3v) is 10.9. The molecule has 5 aliphatic heterocycles. The van der Waals surface area contributed by atoms with E-state index in [1.54, 1.807) is 0 Å². The maximum absolute atomic E-state index is 12.9. The smallest absolute Gasteiger partial charge is 0.397 e. The molecule has 12 N–H and O–H groups in total.